The first-order valence-corrected chi connectivity index (χ1v) is 7.25. The highest BCUT2D eigenvalue weighted by atomic mass is 32.1. The molecule has 0 saturated heterocycles. The van der Waals surface area contributed by atoms with Gasteiger partial charge in [0.15, 0.2) is 5.69 Å². The fourth-order valence-electron chi connectivity index (χ4n) is 2.34. The van der Waals surface area contributed by atoms with Crippen LogP contribution in [0, 0.1) is 0 Å². The standard InChI is InChI=1S/C13H10N6OS/c20-12(10-7-21-18-17-10)16-13-15-9-4-2-1-3-8(9)11-14-5-6-19(11)13/h1-4,7H,5-6H2,(H,15,16,20). The van der Waals surface area contributed by atoms with Crippen LogP contribution in [0.3, 0.4) is 0 Å². The highest BCUT2D eigenvalue weighted by Gasteiger charge is 2.30. The van der Waals surface area contributed by atoms with Gasteiger partial charge in [-0.25, -0.2) is 4.99 Å². The largest absolute Gasteiger partial charge is 0.294 e. The van der Waals surface area contributed by atoms with Crippen LogP contribution in [-0.2, 0) is 0 Å². The lowest BCUT2D eigenvalue weighted by molar-refractivity contribution is 0.0969. The summed E-state index contributed by atoms with van der Waals surface area (Å²) < 4.78 is 3.69. The number of benzene rings is 1. The van der Waals surface area contributed by atoms with Gasteiger partial charge in [0.1, 0.15) is 5.84 Å². The summed E-state index contributed by atoms with van der Waals surface area (Å²) in [4.78, 5) is 23.1. The van der Waals surface area contributed by atoms with E-state index in [0.29, 0.717) is 24.7 Å². The summed E-state index contributed by atoms with van der Waals surface area (Å²) in [5.41, 5.74) is 2.09. The average Bonchev–Trinajstić information content (AvgIpc) is 3.19. The summed E-state index contributed by atoms with van der Waals surface area (Å²) in [6.45, 7) is 1.40. The monoisotopic (exact) mass is 298 g/mol. The second kappa shape index (κ2) is 4.74. The van der Waals surface area contributed by atoms with Crippen molar-refractivity contribution in [1.29, 1.82) is 0 Å². The summed E-state index contributed by atoms with van der Waals surface area (Å²) >= 11 is 1.14. The van der Waals surface area contributed by atoms with Gasteiger partial charge in [-0.2, -0.15) is 0 Å². The normalized spacial score (nSPS) is 15.9. The molecule has 1 N–H and O–H groups in total. The number of amides is 1. The Balaban J connectivity index is 1.71. The van der Waals surface area contributed by atoms with Gasteiger partial charge in [0.25, 0.3) is 5.91 Å². The predicted octanol–water partition coefficient (Wildman–Crippen LogP) is 1.03. The molecule has 2 aliphatic heterocycles. The molecule has 2 aromatic rings. The van der Waals surface area contributed by atoms with Gasteiger partial charge < -0.3 is 0 Å². The van der Waals surface area contributed by atoms with Crippen molar-refractivity contribution in [1.82, 2.24) is 19.8 Å². The van der Waals surface area contributed by atoms with Crippen molar-refractivity contribution >= 4 is 34.9 Å². The third kappa shape index (κ3) is 2.00. The van der Waals surface area contributed by atoms with Crippen LogP contribution >= 0.6 is 11.5 Å². The molecule has 1 amide bonds. The first kappa shape index (κ1) is 12.2. The number of guanidine groups is 1. The number of aliphatic imine (C=N–C) groups is 2. The first-order chi connectivity index (χ1) is 10.3. The van der Waals surface area contributed by atoms with E-state index < -0.39 is 0 Å². The van der Waals surface area contributed by atoms with Gasteiger partial charge >= 0.3 is 0 Å². The van der Waals surface area contributed by atoms with Gasteiger partial charge in [0.2, 0.25) is 5.96 Å². The lowest BCUT2D eigenvalue weighted by atomic mass is 10.1. The van der Waals surface area contributed by atoms with E-state index in [4.69, 9.17) is 0 Å². The van der Waals surface area contributed by atoms with Crippen molar-refractivity contribution in [2.24, 2.45) is 9.98 Å². The minimum atomic E-state index is -0.312. The van der Waals surface area contributed by atoms with Crippen molar-refractivity contribution in [3.05, 3.63) is 40.9 Å². The van der Waals surface area contributed by atoms with Crippen molar-refractivity contribution in [3.63, 3.8) is 0 Å². The van der Waals surface area contributed by atoms with E-state index in [0.717, 1.165) is 28.6 Å². The Morgan fingerprint density at radius 1 is 1.33 bits per heavy atom. The number of hydrogen-bond donors (Lipinski definition) is 1. The molecule has 0 bridgehead atoms. The van der Waals surface area contributed by atoms with Gasteiger partial charge in [-0.3, -0.25) is 20.0 Å². The predicted molar refractivity (Wildman–Crippen MR) is 79.0 cm³/mol. The molecule has 1 aromatic carbocycles. The van der Waals surface area contributed by atoms with Gasteiger partial charge in [-0.05, 0) is 23.7 Å². The first-order valence-electron chi connectivity index (χ1n) is 6.41. The molecular formula is C13H10N6OS. The van der Waals surface area contributed by atoms with Crippen LogP contribution in [0.5, 0.6) is 0 Å². The van der Waals surface area contributed by atoms with Crippen molar-refractivity contribution in [2.45, 2.75) is 0 Å². The fraction of sp³-hybridized carbons (Fsp3) is 0.154. The molecule has 2 aliphatic rings. The number of fused-ring (bicyclic) bond motifs is 3. The number of carbonyl (C=O) groups is 1. The minimum Gasteiger partial charge on any atom is -0.294 e. The molecule has 7 nitrogen and oxygen atoms in total. The fourth-order valence-corrected chi connectivity index (χ4v) is 2.78. The summed E-state index contributed by atoms with van der Waals surface area (Å²) in [7, 11) is 0. The molecule has 0 spiro atoms. The number of carbonyl (C=O) groups excluding carboxylic acids is 1. The molecule has 3 heterocycles. The summed E-state index contributed by atoms with van der Waals surface area (Å²) in [6, 6.07) is 7.76. The molecule has 0 aliphatic carbocycles. The highest BCUT2D eigenvalue weighted by molar-refractivity contribution is 7.03. The maximum Gasteiger partial charge on any atom is 0.279 e. The van der Waals surface area contributed by atoms with Crippen molar-refractivity contribution < 1.29 is 4.79 Å². The zero-order chi connectivity index (χ0) is 14.2. The SMILES string of the molecule is O=C(NC1=Nc2ccccc2C2=NCCN12)c1csnn1. The molecule has 21 heavy (non-hydrogen) atoms. The number of nitrogens with zero attached hydrogens (tertiary/aromatic N) is 5. The maximum absolute atomic E-state index is 12.1. The molecule has 0 atom stereocenters. The van der Waals surface area contributed by atoms with Crippen LogP contribution in [0.2, 0.25) is 0 Å². The lowest BCUT2D eigenvalue weighted by Crippen LogP contribution is -2.47. The maximum atomic E-state index is 12.1. The number of amidine groups is 1. The van der Waals surface area contributed by atoms with E-state index in [1.54, 1.807) is 5.38 Å². The molecule has 0 radical (unpaired) electrons. The number of hydrogen-bond acceptors (Lipinski definition) is 7. The van der Waals surface area contributed by atoms with E-state index >= 15 is 0 Å². The highest BCUT2D eigenvalue weighted by Crippen LogP contribution is 2.27. The van der Waals surface area contributed by atoms with Crippen molar-refractivity contribution in [3.8, 4) is 0 Å². The smallest absolute Gasteiger partial charge is 0.279 e. The van der Waals surface area contributed by atoms with E-state index in [1.807, 2.05) is 29.2 Å². The zero-order valence-corrected chi connectivity index (χ0v) is 11.7. The van der Waals surface area contributed by atoms with Crippen LogP contribution in [0.4, 0.5) is 5.69 Å². The van der Waals surface area contributed by atoms with Crippen molar-refractivity contribution in [2.75, 3.05) is 13.1 Å². The second-order valence-corrected chi connectivity index (χ2v) is 5.16. The van der Waals surface area contributed by atoms with Gasteiger partial charge in [-0.1, -0.05) is 16.6 Å². The molecular weight excluding hydrogens is 288 g/mol. The second-order valence-electron chi connectivity index (χ2n) is 4.55. The number of aromatic nitrogens is 2. The number of rotatable bonds is 1. The Bertz CT molecular complexity index is 767. The van der Waals surface area contributed by atoms with E-state index in [1.165, 1.54) is 0 Å². The van der Waals surface area contributed by atoms with Crippen LogP contribution in [0.25, 0.3) is 0 Å². The van der Waals surface area contributed by atoms with Gasteiger partial charge in [-0.15, -0.1) is 5.10 Å². The average molecular weight is 298 g/mol. The molecule has 1 aromatic heterocycles. The summed E-state index contributed by atoms with van der Waals surface area (Å²) in [6.07, 6.45) is 0. The minimum absolute atomic E-state index is 0.291. The zero-order valence-electron chi connectivity index (χ0n) is 10.9. The summed E-state index contributed by atoms with van der Waals surface area (Å²) in [5, 5.41) is 8.16. The van der Waals surface area contributed by atoms with Gasteiger partial charge in [0.05, 0.1) is 12.2 Å². The number of para-hydroxylation sites is 1. The number of nitrogens with one attached hydrogen (secondary N) is 1. The van der Waals surface area contributed by atoms with Crippen LogP contribution < -0.4 is 5.32 Å². The molecule has 0 saturated carbocycles. The quantitative estimate of drug-likeness (QED) is 0.852. The molecule has 4 rings (SSSR count). The van der Waals surface area contributed by atoms with Crippen LogP contribution in [0.1, 0.15) is 16.1 Å². The molecule has 104 valence electrons. The van der Waals surface area contributed by atoms with E-state index in [2.05, 4.69) is 24.9 Å². The molecule has 0 unspecified atom stereocenters. The Kier molecular flexibility index (Phi) is 2.74. The van der Waals surface area contributed by atoms with Gasteiger partial charge in [0, 0.05) is 17.5 Å². The van der Waals surface area contributed by atoms with E-state index in [9.17, 15) is 4.79 Å². The van der Waals surface area contributed by atoms with Crippen LogP contribution in [-0.4, -0.2) is 45.3 Å². The lowest BCUT2D eigenvalue weighted by Gasteiger charge is -2.27. The topological polar surface area (TPSA) is 82.8 Å². The van der Waals surface area contributed by atoms with E-state index in [-0.39, 0.29) is 5.91 Å². The Hall–Kier alpha value is -2.61. The third-order valence-electron chi connectivity index (χ3n) is 3.29. The van der Waals surface area contributed by atoms with Crippen LogP contribution in [0.15, 0.2) is 39.6 Å². The molecule has 0 fully saturated rings. The Labute approximate surface area is 124 Å². The third-order valence-corrected chi connectivity index (χ3v) is 3.79. The summed E-state index contributed by atoms with van der Waals surface area (Å²) in [5.74, 6) is 1.03. The Morgan fingerprint density at radius 3 is 3.10 bits per heavy atom. The molecule has 8 heteroatoms. The Morgan fingerprint density at radius 2 is 2.24 bits per heavy atom.